The van der Waals surface area contributed by atoms with E-state index in [0.29, 0.717) is 12.8 Å². The third kappa shape index (κ3) is 4.76. The van der Waals surface area contributed by atoms with Gasteiger partial charge in [0.25, 0.3) is 5.91 Å². The molecule has 3 rings (SSSR count). The van der Waals surface area contributed by atoms with Crippen molar-refractivity contribution in [2.45, 2.75) is 31.8 Å². The van der Waals surface area contributed by atoms with Crippen molar-refractivity contribution in [1.82, 2.24) is 4.90 Å². The molecular weight excluding hydrogens is 358 g/mol. The number of carbonyl (C=O) groups is 3. The number of hydrogen-bond donors (Lipinski definition) is 0. The predicted molar refractivity (Wildman–Crippen MR) is 102 cm³/mol. The summed E-state index contributed by atoms with van der Waals surface area (Å²) in [5.41, 5.74) is 3.03. The first-order valence-electron chi connectivity index (χ1n) is 9.22. The maximum atomic E-state index is 12.7. The van der Waals surface area contributed by atoms with E-state index >= 15 is 0 Å². The van der Waals surface area contributed by atoms with E-state index in [1.807, 2.05) is 54.6 Å². The largest absolute Gasteiger partial charge is 0.467 e. The molecule has 1 aliphatic rings. The molecule has 0 N–H and O–H groups in total. The summed E-state index contributed by atoms with van der Waals surface area (Å²) in [5, 5.41) is 0. The van der Waals surface area contributed by atoms with Crippen molar-refractivity contribution >= 4 is 17.8 Å². The van der Waals surface area contributed by atoms with Crippen LogP contribution in [0.4, 0.5) is 0 Å². The fourth-order valence-electron chi connectivity index (χ4n) is 3.32. The zero-order chi connectivity index (χ0) is 19.9. The second kappa shape index (κ2) is 9.17. The van der Waals surface area contributed by atoms with E-state index < -0.39 is 23.9 Å². The van der Waals surface area contributed by atoms with Crippen molar-refractivity contribution < 1.29 is 23.9 Å². The van der Waals surface area contributed by atoms with Crippen LogP contribution in [0, 0.1) is 0 Å². The summed E-state index contributed by atoms with van der Waals surface area (Å²) < 4.78 is 10.0. The summed E-state index contributed by atoms with van der Waals surface area (Å²) in [6.45, 7) is -0.0976. The third-order valence-electron chi connectivity index (χ3n) is 4.86. The summed E-state index contributed by atoms with van der Waals surface area (Å²) in [5.74, 6) is -1.32. The average molecular weight is 381 g/mol. The van der Waals surface area contributed by atoms with Crippen LogP contribution >= 0.6 is 0 Å². The number of nitrogens with zero attached hydrogens (tertiary/aromatic N) is 1. The Balaban J connectivity index is 1.58. The maximum Gasteiger partial charge on any atom is 0.328 e. The summed E-state index contributed by atoms with van der Waals surface area (Å²) in [6, 6.07) is 16.5. The van der Waals surface area contributed by atoms with Gasteiger partial charge in [0.05, 0.1) is 7.11 Å². The van der Waals surface area contributed by atoms with Gasteiger partial charge in [0.1, 0.15) is 6.04 Å². The Morgan fingerprint density at radius 1 is 1.00 bits per heavy atom. The summed E-state index contributed by atoms with van der Waals surface area (Å²) in [7, 11) is 1.30. The first-order chi connectivity index (χ1) is 13.6. The van der Waals surface area contributed by atoms with Gasteiger partial charge in [-0.05, 0) is 23.1 Å². The number of benzene rings is 2. The number of methoxy groups -OCH3 is 1. The summed E-state index contributed by atoms with van der Waals surface area (Å²) >= 11 is 0. The molecule has 1 heterocycles. The molecule has 1 amide bonds. The van der Waals surface area contributed by atoms with E-state index in [9.17, 15) is 14.4 Å². The van der Waals surface area contributed by atoms with Crippen LogP contribution in [0.1, 0.15) is 23.1 Å². The summed E-state index contributed by atoms with van der Waals surface area (Å²) in [4.78, 5) is 38.2. The van der Waals surface area contributed by atoms with Crippen molar-refractivity contribution in [3.63, 3.8) is 0 Å². The van der Waals surface area contributed by atoms with Gasteiger partial charge in [-0.25, -0.2) is 4.79 Å². The predicted octanol–water partition coefficient (Wildman–Crippen LogP) is 2.29. The molecule has 1 atom stereocenters. The Labute approximate surface area is 164 Å². The SMILES string of the molecule is COC(=O)[C@H]1Cc2ccccc2CN1C(=O)COC(=O)CCc1ccccc1. The number of hydrogen-bond acceptors (Lipinski definition) is 5. The Kier molecular flexibility index (Phi) is 6.42. The van der Waals surface area contributed by atoms with Crippen LogP contribution in [0.15, 0.2) is 54.6 Å². The molecule has 6 nitrogen and oxygen atoms in total. The second-order valence-corrected chi connectivity index (χ2v) is 6.68. The van der Waals surface area contributed by atoms with Crippen molar-refractivity contribution in [2.75, 3.05) is 13.7 Å². The Morgan fingerprint density at radius 3 is 2.39 bits per heavy atom. The van der Waals surface area contributed by atoms with Gasteiger partial charge < -0.3 is 14.4 Å². The number of aryl methyl sites for hydroxylation is 1. The normalized spacial score (nSPS) is 15.5. The molecule has 0 saturated carbocycles. The van der Waals surface area contributed by atoms with E-state index in [0.717, 1.165) is 16.7 Å². The van der Waals surface area contributed by atoms with E-state index in [2.05, 4.69) is 0 Å². The van der Waals surface area contributed by atoms with Crippen LogP contribution in [0.25, 0.3) is 0 Å². The standard InChI is InChI=1S/C22H23NO5/c1-27-22(26)19-13-17-9-5-6-10-18(17)14-23(19)20(24)15-28-21(25)12-11-16-7-3-2-4-8-16/h2-10,19H,11-15H2,1H3/t19-/m1/s1. The number of rotatable bonds is 6. The molecule has 0 aromatic heterocycles. The van der Waals surface area contributed by atoms with Crippen molar-refractivity contribution in [1.29, 1.82) is 0 Å². The highest BCUT2D eigenvalue weighted by Gasteiger charge is 2.35. The van der Waals surface area contributed by atoms with E-state index in [1.54, 1.807) is 0 Å². The fraction of sp³-hybridized carbons (Fsp3) is 0.318. The van der Waals surface area contributed by atoms with Crippen LogP contribution < -0.4 is 0 Å². The maximum absolute atomic E-state index is 12.7. The minimum absolute atomic E-state index is 0.195. The lowest BCUT2D eigenvalue weighted by Gasteiger charge is -2.35. The molecule has 0 aliphatic carbocycles. The van der Waals surface area contributed by atoms with Gasteiger partial charge in [-0.3, -0.25) is 9.59 Å². The molecule has 0 unspecified atom stereocenters. The number of amides is 1. The minimum atomic E-state index is -0.713. The highest BCUT2D eigenvalue weighted by atomic mass is 16.5. The summed E-state index contributed by atoms with van der Waals surface area (Å²) in [6.07, 6.45) is 1.13. The molecule has 2 aromatic rings. The lowest BCUT2D eigenvalue weighted by atomic mass is 9.94. The number of fused-ring (bicyclic) bond motifs is 1. The van der Waals surface area contributed by atoms with Crippen molar-refractivity contribution in [3.8, 4) is 0 Å². The van der Waals surface area contributed by atoms with Crippen molar-refractivity contribution in [3.05, 3.63) is 71.3 Å². The van der Waals surface area contributed by atoms with Crippen LogP contribution in [0.2, 0.25) is 0 Å². The van der Waals surface area contributed by atoms with Crippen LogP contribution in [-0.2, 0) is 43.2 Å². The smallest absolute Gasteiger partial charge is 0.328 e. The third-order valence-corrected chi connectivity index (χ3v) is 4.86. The minimum Gasteiger partial charge on any atom is -0.467 e. The number of carbonyl (C=O) groups excluding carboxylic acids is 3. The first kappa shape index (κ1) is 19.6. The monoisotopic (exact) mass is 381 g/mol. The first-order valence-corrected chi connectivity index (χ1v) is 9.22. The molecule has 1 aliphatic heterocycles. The fourth-order valence-corrected chi connectivity index (χ4v) is 3.32. The Hall–Kier alpha value is -3.15. The number of ether oxygens (including phenoxy) is 2. The second-order valence-electron chi connectivity index (χ2n) is 6.68. The van der Waals surface area contributed by atoms with Crippen LogP contribution in [0.5, 0.6) is 0 Å². The van der Waals surface area contributed by atoms with Crippen LogP contribution in [-0.4, -0.2) is 42.5 Å². The molecular formula is C22H23NO5. The van der Waals surface area contributed by atoms with E-state index in [-0.39, 0.29) is 19.6 Å². The molecule has 146 valence electrons. The molecule has 0 spiro atoms. The molecule has 0 fully saturated rings. The molecule has 0 saturated heterocycles. The average Bonchev–Trinajstić information content (AvgIpc) is 2.75. The van der Waals surface area contributed by atoms with Gasteiger partial charge >= 0.3 is 11.9 Å². The quantitative estimate of drug-likeness (QED) is 0.718. The van der Waals surface area contributed by atoms with Crippen molar-refractivity contribution in [2.24, 2.45) is 0 Å². The highest BCUT2D eigenvalue weighted by molar-refractivity contribution is 5.87. The van der Waals surface area contributed by atoms with Gasteiger partial charge in [-0.2, -0.15) is 0 Å². The lowest BCUT2D eigenvalue weighted by Crippen LogP contribution is -2.50. The van der Waals surface area contributed by atoms with Gasteiger partial charge in [0.2, 0.25) is 0 Å². The van der Waals surface area contributed by atoms with Gasteiger partial charge in [0, 0.05) is 19.4 Å². The van der Waals surface area contributed by atoms with Gasteiger partial charge in [-0.1, -0.05) is 54.6 Å². The van der Waals surface area contributed by atoms with Gasteiger partial charge in [-0.15, -0.1) is 0 Å². The zero-order valence-corrected chi connectivity index (χ0v) is 15.8. The zero-order valence-electron chi connectivity index (χ0n) is 15.8. The Bertz CT molecular complexity index is 849. The molecule has 0 bridgehead atoms. The highest BCUT2D eigenvalue weighted by Crippen LogP contribution is 2.24. The van der Waals surface area contributed by atoms with E-state index in [4.69, 9.17) is 9.47 Å². The van der Waals surface area contributed by atoms with Crippen LogP contribution in [0.3, 0.4) is 0 Å². The van der Waals surface area contributed by atoms with E-state index in [1.165, 1.54) is 12.0 Å². The molecule has 2 aromatic carbocycles. The molecule has 6 heteroatoms. The topological polar surface area (TPSA) is 72.9 Å². The number of esters is 2. The molecule has 28 heavy (non-hydrogen) atoms. The lowest BCUT2D eigenvalue weighted by molar-refractivity contribution is -0.159. The molecule has 0 radical (unpaired) electrons. The van der Waals surface area contributed by atoms with Gasteiger partial charge in [0.15, 0.2) is 6.61 Å². The Morgan fingerprint density at radius 2 is 1.68 bits per heavy atom.